The second kappa shape index (κ2) is 11.3. The molecule has 2 heterocycles. The highest BCUT2D eigenvalue weighted by Gasteiger charge is 2.21. The molecule has 9 heteroatoms. The normalized spacial score (nSPS) is 10.0. The number of rotatable bonds is 7. The van der Waals surface area contributed by atoms with Gasteiger partial charge in [-0.15, -0.1) is 0 Å². The van der Waals surface area contributed by atoms with Gasteiger partial charge in [-0.1, -0.05) is 12.1 Å². The minimum Gasteiger partial charge on any atom is -0.497 e. The second-order valence-corrected chi connectivity index (χ2v) is 6.75. The number of ether oxygens (including phenoxy) is 1. The van der Waals surface area contributed by atoms with E-state index < -0.39 is 5.63 Å². The van der Waals surface area contributed by atoms with Gasteiger partial charge in [0.25, 0.3) is 12.4 Å². The lowest BCUT2D eigenvalue weighted by Crippen LogP contribution is -2.31. The molecule has 1 aromatic carbocycles. The maximum absolute atomic E-state index is 12.7. The molecule has 0 unspecified atom stereocenters. The molecular formula is C22H25N3O6. The van der Waals surface area contributed by atoms with E-state index >= 15 is 0 Å². The van der Waals surface area contributed by atoms with Crippen LogP contribution in [0, 0.1) is 6.92 Å². The van der Waals surface area contributed by atoms with E-state index in [0.717, 1.165) is 23.4 Å². The van der Waals surface area contributed by atoms with Crippen LogP contribution in [0.5, 0.6) is 5.75 Å². The average Bonchev–Trinajstić information content (AvgIpc) is 3.25. The van der Waals surface area contributed by atoms with Crippen LogP contribution in [0.3, 0.4) is 0 Å². The van der Waals surface area contributed by atoms with Gasteiger partial charge in [0.1, 0.15) is 17.1 Å². The van der Waals surface area contributed by atoms with Crippen LogP contribution in [0.4, 0.5) is 0 Å². The number of aryl methyl sites for hydroxylation is 3. The lowest BCUT2D eigenvalue weighted by atomic mass is 10.1. The molecule has 0 spiro atoms. The third kappa shape index (κ3) is 6.56. The Hall–Kier alpha value is -3.88. The summed E-state index contributed by atoms with van der Waals surface area (Å²) in [7, 11) is 3.27. The first-order valence-electron chi connectivity index (χ1n) is 9.47. The van der Waals surface area contributed by atoms with Crippen molar-refractivity contribution in [3.8, 4) is 5.75 Å². The highest BCUT2D eigenvalue weighted by molar-refractivity contribution is 5.94. The Labute approximate surface area is 179 Å². The van der Waals surface area contributed by atoms with Gasteiger partial charge >= 0.3 is 5.63 Å². The summed E-state index contributed by atoms with van der Waals surface area (Å²) in [4.78, 5) is 35.0. The fourth-order valence-electron chi connectivity index (χ4n) is 3.00. The van der Waals surface area contributed by atoms with Gasteiger partial charge < -0.3 is 19.2 Å². The molecule has 164 valence electrons. The molecule has 0 saturated carbocycles. The number of carbonyl (C=O) groups is 2. The summed E-state index contributed by atoms with van der Waals surface area (Å²) in [5.41, 5.74) is 1.97. The number of aromatic amines is 1. The van der Waals surface area contributed by atoms with E-state index in [1.165, 1.54) is 4.90 Å². The van der Waals surface area contributed by atoms with Crippen LogP contribution in [0.25, 0.3) is 0 Å². The van der Waals surface area contributed by atoms with E-state index in [9.17, 15) is 9.59 Å². The molecule has 0 radical (unpaired) electrons. The lowest BCUT2D eigenvalue weighted by Gasteiger charge is -2.16. The fraction of sp³-hybridized carbons (Fsp3) is 0.273. The zero-order valence-corrected chi connectivity index (χ0v) is 17.6. The highest BCUT2D eigenvalue weighted by Crippen LogP contribution is 2.15. The minimum atomic E-state index is -0.605. The second-order valence-electron chi connectivity index (χ2n) is 6.75. The Kier molecular flexibility index (Phi) is 8.56. The Balaban J connectivity index is 0.00000107. The van der Waals surface area contributed by atoms with Crippen LogP contribution in [-0.4, -0.2) is 46.7 Å². The topological polar surface area (TPSA) is 126 Å². The molecule has 3 aromatic rings. The van der Waals surface area contributed by atoms with E-state index in [-0.39, 0.29) is 17.9 Å². The maximum atomic E-state index is 12.7. The van der Waals surface area contributed by atoms with Gasteiger partial charge in [-0.25, -0.2) is 4.79 Å². The number of H-pyrrole nitrogens is 1. The molecule has 0 aliphatic carbocycles. The summed E-state index contributed by atoms with van der Waals surface area (Å²) in [6, 6.07) is 11.3. The van der Waals surface area contributed by atoms with Gasteiger partial charge in [0.05, 0.1) is 19.3 Å². The number of carbonyl (C=O) groups excluding carboxylic acids is 1. The number of hydrogen-bond acceptors (Lipinski definition) is 6. The van der Waals surface area contributed by atoms with Gasteiger partial charge in [0, 0.05) is 19.7 Å². The van der Waals surface area contributed by atoms with E-state index in [2.05, 4.69) is 10.2 Å². The zero-order chi connectivity index (χ0) is 22.8. The van der Waals surface area contributed by atoms with Crippen molar-refractivity contribution in [1.29, 1.82) is 0 Å². The Morgan fingerprint density at radius 3 is 2.48 bits per heavy atom. The molecular weight excluding hydrogens is 402 g/mol. The van der Waals surface area contributed by atoms with Crippen LogP contribution in [0.15, 0.2) is 51.8 Å². The van der Waals surface area contributed by atoms with Crippen LogP contribution < -0.4 is 10.4 Å². The maximum Gasteiger partial charge on any atom is 0.349 e. The summed E-state index contributed by atoms with van der Waals surface area (Å²) in [5, 5.41) is 13.5. The molecule has 0 aliphatic heterocycles. The smallest absolute Gasteiger partial charge is 0.349 e. The zero-order valence-electron chi connectivity index (χ0n) is 17.6. The van der Waals surface area contributed by atoms with Gasteiger partial charge in [-0.2, -0.15) is 5.10 Å². The van der Waals surface area contributed by atoms with E-state index in [4.69, 9.17) is 19.1 Å². The number of nitrogens with zero attached hydrogens (tertiary/aromatic N) is 2. The average molecular weight is 427 g/mol. The molecule has 2 N–H and O–H groups in total. The first-order valence-corrected chi connectivity index (χ1v) is 9.47. The molecule has 0 aliphatic rings. The van der Waals surface area contributed by atoms with Crippen molar-refractivity contribution in [2.75, 3.05) is 14.2 Å². The minimum absolute atomic E-state index is 0.0650. The number of carboxylic acid groups (broad SMARTS) is 1. The molecule has 0 fully saturated rings. The SMILES string of the molecule is COc1ccc(CCc2cc(C)c(C(=O)N(C)Cc3ccn[nH]3)c(=O)o2)cc1.O=CO. The highest BCUT2D eigenvalue weighted by atomic mass is 16.5. The predicted molar refractivity (Wildman–Crippen MR) is 113 cm³/mol. The Bertz CT molecular complexity index is 1040. The van der Waals surface area contributed by atoms with E-state index in [0.29, 0.717) is 24.3 Å². The summed E-state index contributed by atoms with van der Waals surface area (Å²) < 4.78 is 10.6. The molecule has 0 bridgehead atoms. The first-order chi connectivity index (χ1) is 14.9. The van der Waals surface area contributed by atoms with E-state index in [1.54, 1.807) is 39.4 Å². The Morgan fingerprint density at radius 2 is 1.94 bits per heavy atom. The largest absolute Gasteiger partial charge is 0.497 e. The van der Waals surface area contributed by atoms with Crippen molar-refractivity contribution in [2.24, 2.45) is 0 Å². The summed E-state index contributed by atoms with van der Waals surface area (Å²) in [6.45, 7) is 1.84. The van der Waals surface area contributed by atoms with Crippen molar-refractivity contribution in [1.82, 2.24) is 15.1 Å². The molecule has 2 aromatic heterocycles. The molecule has 1 amide bonds. The van der Waals surface area contributed by atoms with Crippen LogP contribution in [0.1, 0.15) is 32.9 Å². The molecule has 3 rings (SSSR count). The molecule has 0 atom stereocenters. The monoisotopic (exact) mass is 427 g/mol. The van der Waals surface area contributed by atoms with Crippen molar-refractivity contribution < 1.29 is 23.8 Å². The van der Waals surface area contributed by atoms with Crippen molar-refractivity contribution in [3.05, 3.63) is 81.2 Å². The number of amides is 1. The van der Waals surface area contributed by atoms with Gasteiger partial charge in [0.2, 0.25) is 0 Å². The van der Waals surface area contributed by atoms with Gasteiger partial charge in [-0.3, -0.25) is 14.7 Å². The number of aromatic nitrogens is 2. The standard InChI is InChI=1S/C21H23N3O4.CH2O2/c1-14-12-18(9-6-15-4-7-17(27-3)8-5-15)28-21(26)19(14)20(25)24(2)13-16-10-11-22-23-16;2-1-3/h4-5,7-8,10-12H,6,9,13H2,1-3H3,(H,22,23);1H,(H,2,3). The third-order valence-electron chi connectivity index (χ3n) is 4.55. The summed E-state index contributed by atoms with van der Waals surface area (Å²) >= 11 is 0. The molecule has 31 heavy (non-hydrogen) atoms. The van der Waals surface area contributed by atoms with Crippen LogP contribution in [0.2, 0.25) is 0 Å². The lowest BCUT2D eigenvalue weighted by molar-refractivity contribution is -0.122. The predicted octanol–water partition coefficient (Wildman–Crippen LogP) is 2.44. The third-order valence-corrected chi connectivity index (χ3v) is 4.55. The van der Waals surface area contributed by atoms with Crippen molar-refractivity contribution in [3.63, 3.8) is 0 Å². The quantitative estimate of drug-likeness (QED) is 0.555. The van der Waals surface area contributed by atoms with Crippen LogP contribution >= 0.6 is 0 Å². The summed E-state index contributed by atoms with van der Waals surface area (Å²) in [6.07, 6.45) is 2.91. The first kappa shape index (κ1) is 23.4. The molecule has 0 saturated heterocycles. The van der Waals surface area contributed by atoms with Gasteiger partial charge in [0.15, 0.2) is 0 Å². The fourth-order valence-corrected chi connectivity index (χ4v) is 3.00. The number of benzene rings is 1. The van der Waals surface area contributed by atoms with E-state index in [1.807, 2.05) is 24.3 Å². The van der Waals surface area contributed by atoms with Crippen molar-refractivity contribution in [2.45, 2.75) is 26.3 Å². The van der Waals surface area contributed by atoms with Crippen molar-refractivity contribution >= 4 is 12.4 Å². The Morgan fingerprint density at radius 1 is 1.26 bits per heavy atom. The summed E-state index contributed by atoms with van der Waals surface area (Å²) in [5.74, 6) is 0.988. The number of methoxy groups -OCH3 is 1. The van der Waals surface area contributed by atoms with Crippen LogP contribution in [-0.2, 0) is 24.2 Å². The number of hydrogen-bond donors (Lipinski definition) is 2. The number of nitrogens with one attached hydrogen (secondary N) is 1. The van der Waals surface area contributed by atoms with Gasteiger partial charge in [-0.05, 0) is 48.7 Å². The molecule has 9 nitrogen and oxygen atoms in total.